The fraction of sp³-hybridized carbons (Fsp3) is 0.174. The molecular formula is C23H17BF2N4. The highest BCUT2D eigenvalue weighted by molar-refractivity contribution is 6.58. The summed E-state index contributed by atoms with van der Waals surface area (Å²) in [6.45, 7) is 2.15. The average Bonchev–Trinajstić information content (AvgIpc) is 3.13. The minimum Gasteiger partial charge on any atom is -0.392 e. The van der Waals surface area contributed by atoms with Crippen LogP contribution in [0.1, 0.15) is 47.5 Å². The molecule has 2 aromatic rings. The third-order valence-corrected chi connectivity index (χ3v) is 6.05. The van der Waals surface area contributed by atoms with Crippen molar-refractivity contribution in [3.8, 4) is 24.5 Å². The van der Waals surface area contributed by atoms with Crippen LogP contribution < -0.4 is 0 Å². The van der Waals surface area contributed by atoms with Gasteiger partial charge in [-0.1, -0.05) is 18.1 Å². The van der Waals surface area contributed by atoms with Crippen molar-refractivity contribution in [1.29, 1.82) is 10.5 Å². The van der Waals surface area contributed by atoms with E-state index in [0.717, 1.165) is 8.96 Å². The van der Waals surface area contributed by atoms with Gasteiger partial charge in [-0.3, -0.25) is 0 Å². The Labute approximate surface area is 173 Å². The molecule has 1 aromatic heterocycles. The third kappa shape index (κ3) is 2.22. The maximum Gasteiger partial charge on any atom is 0.737 e. The molecule has 30 heavy (non-hydrogen) atoms. The Balaban J connectivity index is 2.24. The van der Waals surface area contributed by atoms with Gasteiger partial charge in [-0.2, -0.15) is 10.5 Å². The maximum absolute atomic E-state index is 15.9. The van der Waals surface area contributed by atoms with Crippen LogP contribution in [0.15, 0.2) is 41.1 Å². The molecular weight excluding hydrogens is 381 g/mol. The van der Waals surface area contributed by atoms with Crippen LogP contribution in [0.3, 0.4) is 0 Å². The average molecular weight is 398 g/mol. The van der Waals surface area contributed by atoms with Crippen LogP contribution in [0.5, 0.6) is 0 Å². The molecule has 0 saturated heterocycles. The monoisotopic (exact) mass is 398 g/mol. The summed E-state index contributed by atoms with van der Waals surface area (Å²) in [5.74, 6) is 2.55. The molecule has 0 unspecified atom stereocenters. The molecule has 146 valence electrons. The summed E-state index contributed by atoms with van der Waals surface area (Å²) in [4.78, 5) is 0. The lowest BCUT2D eigenvalue weighted by Gasteiger charge is -2.33. The second kappa shape index (κ2) is 6.31. The van der Waals surface area contributed by atoms with Gasteiger partial charge in [0.15, 0.2) is 11.4 Å². The smallest absolute Gasteiger partial charge is 0.392 e. The fourth-order valence-corrected chi connectivity index (χ4v) is 4.67. The van der Waals surface area contributed by atoms with E-state index in [1.165, 1.54) is 13.8 Å². The number of allylic oxidation sites excluding steroid dienone is 2. The van der Waals surface area contributed by atoms with E-state index >= 15 is 8.63 Å². The van der Waals surface area contributed by atoms with Crippen molar-refractivity contribution in [3.63, 3.8) is 0 Å². The molecule has 0 N–H and O–H groups in total. The molecule has 0 fully saturated rings. The van der Waals surface area contributed by atoms with Crippen LogP contribution in [0.2, 0.25) is 0 Å². The van der Waals surface area contributed by atoms with Gasteiger partial charge >= 0.3 is 6.97 Å². The predicted molar refractivity (Wildman–Crippen MR) is 112 cm³/mol. The Kier molecular flexibility index (Phi) is 4.09. The predicted octanol–water partition coefficient (Wildman–Crippen LogP) is 4.28. The lowest BCUT2D eigenvalue weighted by Crippen LogP contribution is -2.51. The molecule has 1 aromatic carbocycles. The number of nitrogens with zero attached hydrogens (tertiary/aromatic N) is 4. The van der Waals surface area contributed by atoms with Crippen LogP contribution in [-0.4, -0.2) is 21.6 Å². The van der Waals surface area contributed by atoms with E-state index in [0.29, 0.717) is 39.2 Å². The van der Waals surface area contributed by atoms with Gasteiger partial charge in [0.2, 0.25) is 0 Å². The number of hydrogen-bond acceptors (Lipinski definition) is 2. The van der Waals surface area contributed by atoms with Gasteiger partial charge < -0.3 is 17.6 Å². The van der Waals surface area contributed by atoms with Gasteiger partial charge in [-0.05, 0) is 44.0 Å². The summed E-state index contributed by atoms with van der Waals surface area (Å²) in [6, 6.07) is 11.2. The minimum atomic E-state index is -4.29. The highest BCUT2D eigenvalue weighted by Gasteiger charge is 2.57. The SMILES string of the molecule is C#Cc1ccc(C2=C3C(C)=C(C#N)C(C)=[N+]3[B-](F)(F)n3c(C)c(C#N)c(C)c32)cc1. The molecule has 0 amide bonds. The lowest BCUT2D eigenvalue weighted by molar-refractivity contribution is -0.363. The molecule has 4 rings (SSSR count). The zero-order valence-corrected chi connectivity index (χ0v) is 17.0. The molecule has 0 bridgehead atoms. The number of hydrogen-bond donors (Lipinski definition) is 0. The zero-order chi connectivity index (χ0) is 22.0. The molecule has 0 atom stereocenters. The first-order valence-corrected chi connectivity index (χ1v) is 9.40. The van der Waals surface area contributed by atoms with Gasteiger partial charge in [0, 0.05) is 29.4 Å². The quantitative estimate of drug-likeness (QED) is 0.532. The first kappa shape index (κ1) is 19.4. The van der Waals surface area contributed by atoms with Crippen molar-refractivity contribution in [1.82, 2.24) is 4.48 Å². The number of rotatable bonds is 1. The second-order valence-electron chi connectivity index (χ2n) is 7.52. The highest BCUT2D eigenvalue weighted by Crippen LogP contribution is 2.46. The minimum absolute atomic E-state index is 0.211. The first-order valence-electron chi connectivity index (χ1n) is 9.40. The van der Waals surface area contributed by atoms with Crippen molar-refractivity contribution in [3.05, 3.63) is 74.8 Å². The van der Waals surface area contributed by atoms with Crippen molar-refractivity contribution in [2.45, 2.75) is 27.7 Å². The van der Waals surface area contributed by atoms with E-state index in [1.807, 2.05) is 0 Å². The van der Waals surface area contributed by atoms with Gasteiger partial charge in [-0.15, -0.1) is 6.42 Å². The van der Waals surface area contributed by atoms with Gasteiger partial charge in [0.05, 0.1) is 11.1 Å². The number of benzene rings is 1. The van der Waals surface area contributed by atoms with E-state index in [2.05, 4.69) is 18.1 Å². The number of fused-ring (bicyclic) bond motifs is 2. The number of terminal acetylenes is 1. The second-order valence-corrected chi connectivity index (χ2v) is 7.52. The Hall–Kier alpha value is -3.89. The lowest BCUT2D eigenvalue weighted by atomic mass is 9.83. The number of halogens is 2. The summed E-state index contributed by atoms with van der Waals surface area (Å²) in [5.41, 5.74) is 4.44. The fourth-order valence-electron chi connectivity index (χ4n) is 4.67. The molecule has 0 saturated carbocycles. The summed E-state index contributed by atoms with van der Waals surface area (Å²) in [5, 5.41) is 19.2. The normalized spacial score (nSPS) is 16.8. The number of aromatic nitrogens is 1. The largest absolute Gasteiger partial charge is 0.737 e. The van der Waals surface area contributed by atoms with Crippen LogP contribution in [0, 0.1) is 48.9 Å². The number of nitriles is 2. The van der Waals surface area contributed by atoms with Crippen molar-refractivity contribution >= 4 is 18.3 Å². The Morgan fingerprint density at radius 3 is 2.20 bits per heavy atom. The van der Waals surface area contributed by atoms with E-state index in [1.54, 1.807) is 38.1 Å². The van der Waals surface area contributed by atoms with E-state index in [9.17, 15) is 10.5 Å². The molecule has 3 heterocycles. The summed E-state index contributed by atoms with van der Waals surface area (Å²) >= 11 is 0. The topological polar surface area (TPSA) is 55.5 Å². The van der Waals surface area contributed by atoms with Crippen molar-refractivity contribution < 1.29 is 13.1 Å². The molecule has 2 aliphatic heterocycles. The molecule has 0 aliphatic carbocycles. The van der Waals surface area contributed by atoms with Crippen LogP contribution in [-0.2, 0) is 0 Å². The van der Waals surface area contributed by atoms with E-state index in [4.69, 9.17) is 6.42 Å². The van der Waals surface area contributed by atoms with E-state index in [-0.39, 0.29) is 22.5 Å². The van der Waals surface area contributed by atoms with Crippen LogP contribution in [0.4, 0.5) is 8.63 Å². The summed E-state index contributed by atoms with van der Waals surface area (Å²) < 4.78 is 33.8. The van der Waals surface area contributed by atoms with Gasteiger partial charge in [0.1, 0.15) is 17.7 Å². The summed E-state index contributed by atoms with van der Waals surface area (Å²) in [7, 11) is 0. The van der Waals surface area contributed by atoms with E-state index < -0.39 is 6.97 Å². The van der Waals surface area contributed by atoms with Gasteiger partial charge in [-0.25, -0.2) is 0 Å². The standard InChI is InChI=1S/C23H17BF2N4/c1-6-17-7-9-18(10-8-17)21-22-13(2)19(11-27)15(4)29(22)24(25,26)30-16(5)20(12-28)14(3)23(21)30/h1,7-10H,2-5H3. The molecule has 0 spiro atoms. The van der Waals surface area contributed by atoms with Crippen LogP contribution >= 0.6 is 0 Å². The van der Waals surface area contributed by atoms with Crippen molar-refractivity contribution in [2.75, 3.05) is 0 Å². The molecule has 2 aliphatic rings. The first-order chi connectivity index (χ1) is 14.2. The molecule has 0 radical (unpaired) electrons. The summed E-state index contributed by atoms with van der Waals surface area (Å²) in [6.07, 6.45) is 5.46. The molecule has 7 heteroatoms. The molecule has 4 nitrogen and oxygen atoms in total. The maximum atomic E-state index is 15.9. The van der Waals surface area contributed by atoms with Crippen LogP contribution in [0.25, 0.3) is 5.57 Å². The third-order valence-electron chi connectivity index (χ3n) is 6.05. The Morgan fingerprint density at radius 2 is 1.67 bits per heavy atom. The Morgan fingerprint density at radius 1 is 1.03 bits per heavy atom. The zero-order valence-electron chi connectivity index (χ0n) is 17.0. The Bertz CT molecular complexity index is 1360. The highest BCUT2D eigenvalue weighted by atomic mass is 19.2. The van der Waals surface area contributed by atoms with Gasteiger partial charge in [0.25, 0.3) is 0 Å². The van der Waals surface area contributed by atoms with Crippen molar-refractivity contribution in [2.24, 2.45) is 0 Å².